The van der Waals surface area contributed by atoms with Crippen LogP contribution in [0.15, 0.2) is 28.8 Å². The summed E-state index contributed by atoms with van der Waals surface area (Å²) in [5.74, 6) is 1.86. The smallest absolute Gasteiger partial charge is 0.241 e. The number of aromatic nitrogens is 2. The van der Waals surface area contributed by atoms with E-state index in [9.17, 15) is 4.79 Å². The van der Waals surface area contributed by atoms with Gasteiger partial charge < -0.3 is 9.42 Å². The molecule has 150 valence electrons. The quantitative estimate of drug-likeness (QED) is 0.807. The molecule has 0 N–H and O–H groups in total. The highest BCUT2D eigenvalue weighted by Gasteiger charge is 2.29. The van der Waals surface area contributed by atoms with Crippen LogP contribution in [0.1, 0.15) is 50.0 Å². The summed E-state index contributed by atoms with van der Waals surface area (Å²) >= 11 is 0. The first kappa shape index (κ1) is 19.1. The maximum absolute atomic E-state index is 12.8. The van der Waals surface area contributed by atoms with E-state index in [0.717, 1.165) is 63.0 Å². The molecule has 2 aliphatic rings. The maximum Gasteiger partial charge on any atom is 0.241 e. The van der Waals surface area contributed by atoms with Crippen molar-refractivity contribution in [3.05, 3.63) is 35.7 Å². The van der Waals surface area contributed by atoms with Crippen molar-refractivity contribution in [2.75, 3.05) is 26.2 Å². The van der Waals surface area contributed by atoms with E-state index in [4.69, 9.17) is 4.52 Å². The van der Waals surface area contributed by atoms with E-state index in [1.165, 1.54) is 12.8 Å². The van der Waals surface area contributed by atoms with Gasteiger partial charge in [0.15, 0.2) is 0 Å². The molecule has 2 aliphatic heterocycles. The van der Waals surface area contributed by atoms with Crippen LogP contribution in [0, 0.1) is 12.8 Å². The van der Waals surface area contributed by atoms with Crippen molar-refractivity contribution in [2.24, 2.45) is 5.92 Å². The summed E-state index contributed by atoms with van der Waals surface area (Å²) in [4.78, 5) is 21.8. The molecule has 6 nitrogen and oxygen atoms in total. The largest absolute Gasteiger partial charge is 0.342 e. The van der Waals surface area contributed by atoms with Crippen molar-refractivity contribution in [1.82, 2.24) is 19.9 Å². The number of benzene rings is 1. The van der Waals surface area contributed by atoms with Crippen LogP contribution in [-0.4, -0.2) is 52.0 Å². The lowest BCUT2D eigenvalue weighted by molar-refractivity contribution is -0.137. The first-order chi connectivity index (χ1) is 13.7. The van der Waals surface area contributed by atoms with E-state index in [-0.39, 0.29) is 5.92 Å². The Kier molecular flexibility index (Phi) is 6.05. The fraction of sp³-hybridized carbons (Fsp3) is 0.591. The van der Waals surface area contributed by atoms with Crippen LogP contribution in [-0.2, 0) is 11.3 Å². The molecule has 0 unspecified atom stereocenters. The van der Waals surface area contributed by atoms with Crippen LogP contribution in [0.2, 0.25) is 0 Å². The van der Waals surface area contributed by atoms with E-state index >= 15 is 0 Å². The molecule has 0 spiro atoms. The third-order valence-corrected chi connectivity index (χ3v) is 6.07. The minimum Gasteiger partial charge on any atom is -0.342 e. The number of aryl methyl sites for hydroxylation is 1. The Morgan fingerprint density at radius 2 is 1.79 bits per heavy atom. The van der Waals surface area contributed by atoms with Crippen LogP contribution in [0.5, 0.6) is 0 Å². The maximum atomic E-state index is 12.8. The summed E-state index contributed by atoms with van der Waals surface area (Å²) in [6.45, 7) is 6.42. The van der Waals surface area contributed by atoms with E-state index in [0.29, 0.717) is 24.2 Å². The van der Waals surface area contributed by atoms with E-state index < -0.39 is 0 Å². The molecule has 1 amide bonds. The van der Waals surface area contributed by atoms with Crippen molar-refractivity contribution >= 4 is 5.91 Å². The topological polar surface area (TPSA) is 62.5 Å². The zero-order valence-corrected chi connectivity index (χ0v) is 16.8. The van der Waals surface area contributed by atoms with Gasteiger partial charge in [-0.15, -0.1) is 0 Å². The molecule has 6 heteroatoms. The molecule has 2 fully saturated rings. The molecule has 0 saturated carbocycles. The molecule has 0 atom stereocenters. The molecule has 2 saturated heterocycles. The average molecular weight is 383 g/mol. The summed E-state index contributed by atoms with van der Waals surface area (Å²) in [7, 11) is 0. The number of hydrogen-bond acceptors (Lipinski definition) is 5. The van der Waals surface area contributed by atoms with Gasteiger partial charge in [-0.1, -0.05) is 42.3 Å². The number of hydrogen-bond donors (Lipinski definition) is 0. The fourth-order valence-corrected chi connectivity index (χ4v) is 4.33. The second kappa shape index (κ2) is 8.86. The summed E-state index contributed by atoms with van der Waals surface area (Å²) in [6.07, 6.45) is 6.69. The van der Waals surface area contributed by atoms with E-state index in [1.807, 2.05) is 18.2 Å². The van der Waals surface area contributed by atoms with Crippen molar-refractivity contribution in [3.8, 4) is 11.4 Å². The Hall–Kier alpha value is -2.21. The van der Waals surface area contributed by atoms with Gasteiger partial charge in [0.05, 0.1) is 6.54 Å². The van der Waals surface area contributed by atoms with Gasteiger partial charge >= 0.3 is 0 Å². The predicted molar refractivity (Wildman–Crippen MR) is 108 cm³/mol. The SMILES string of the molecule is Cc1ccccc1-c1noc(CN2CCC(C(=O)N3CCCCCC3)CC2)n1. The molecule has 1 aromatic carbocycles. The second-order valence-corrected chi connectivity index (χ2v) is 8.12. The minimum atomic E-state index is 0.180. The number of carbonyl (C=O) groups excluding carboxylic acids is 1. The normalized spacial score (nSPS) is 19.5. The molecule has 0 radical (unpaired) electrons. The average Bonchev–Trinajstić information content (AvgIpc) is 3.00. The third kappa shape index (κ3) is 4.43. The fourth-order valence-electron chi connectivity index (χ4n) is 4.33. The lowest BCUT2D eigenvalue weighted by atomic mass is 9.95. The highest BCUT2D eigenvalue weighted by Crippen LogP contribution is 2.24. The Morgan fingerprint density at radius 1 is 1.07 bits per heavy atom. The third-order valence-electron chi connectivity index (χ3n) is 6.07. The van der Waals surface area contributed by atoms with Crippen LogP contribution in [0.3, 0.4) is 0 Å². The van der Waals surface area contributed by atoms with Gasteiger partial charge in [0.1, 0.15) is 0 Å². The Labute approximate surface area is 166 Å². The van der Waals surface area contributed by atoms with E-state index in [2.05, 4.69) is 32.9 Å². The first-order valence-corrected chi connectivity index (χ1v) is 10.6. The zero-order valence-electron chi connectivity index (χ0n) is 16.8. The Balaban J connectivity index is 1.30. The van der Waals surface area contributed by atoms with Gasteiger partial charge in [0.2, 0.25) is 17.6 Å². The molecule has 0 aliphatic carbocycles. The highest BCUT2D eigenvalue weighted by molar-refractivity contribution is 5.79. The zero-order chi connectivity index (χ0) is 19.3. The van der Waals surface area contributed by atoms with Crippen LogP contribution in [0.4, 0.5) is 0 Å². The van der Waals surface area contributed by atoms with Gasteiger partial charge in [-0.05, 0) is 51.3 Å². The Bertz CT molecular complexity index is 787. The first-order valence-electron chi connectivity index (χ1n) is 10.6. The molecular formula is C22H30N4O2. The molecule has 1 aromatic heterocycles. The Morgan fingerprint density at radius 3 is 2.50 bits per heavy atom. The number of carbonyl (C=O) groups is 1. The van der Waals surface area contributed by atoms with Crippen LogP contribution < -0.4 is 0 Å². The molecule has 28 heavy (non-hydrogen) atoms. The number of nitrogens with zero attached hydrogens (tertiary/aromatic N) is 4. The van der Waals surface area contributed by atoms with Crippen molar-refractivity contribution in [2.45, 2.75) is 52.0 Å². The van der Waals surface area contributed by atoms with Gasteiger partial charge in [-0.2, -0.15) is 4.98 Å². The number of likely N-dealkylation sites (tertiary alicyclic amines) is 2. The van der Waals surface area contributed by atoms with Gasteiger partial charge in [0, 0.05) is 24.6 Å². The monoisotopic (exact) mass is 382 g/mol. The molecular weight excluding hydrogens is 352 g/mol. The molecule has 2 aromatic rings. The number of piperidine rings is 1. The lowest BCUT2D eigenvalue weighted by Gasteiger charge is -2.33. The summed E-state index contributed by atoms with van der Waals surface area (Å²) in [5, 5.41) is 4.15. The summed E-state index contributed by atoms with van der Waals surface area (Å²) in [5.41, 5.74) is 2.15. The molecule has 3 heterocycles. The van der Waals surface area contributed by atoms with Crippen LogP contribution in [0.25, 0.3) is 11.4 Å². The van der Waals surface area contributed by atoms with Gasteiger partial charge in [0.25, 0.3) is 0 Å². The summed E-state index contributed by atoms with van der Waals surface area (Å²) in [6, 6.07) is 8.07. The van der Waals surface area contributed by atoms with Gasteiger partial charge in [-0.3, -0.25) is 9.69 Å². The van der Waals surface area contributed by atoms with E-state index in [1.54, 1.807) is 0 Å². The molecule has 4 rings (SSSR count). The standard InChI is InChI=1S/C22H30N4O2/c1-17-8-4-5-9-19(17)21-23-20(28-24-21)16-25-14-10-18(11-15-25)22(27)26-12-6-2-3-7-13-26/h4-5,8-9,18H,2-3,6-7,10-16H2,1H3. The van der Waals surface area contributed by atoms with Crippen molar-refractivity contribution in [1.29, 1.82) is 0 Å². The number of rotatable bonds is 4. The number of amides is 1. The summed E-state index contributed by atoms with van der Waals surface area (Å²) < 4.78 is 5.48. The van der Waals surface area contributed by atoms with Crippen LogP contribution >= 0.6 is 0 Å². The predicted octanol–water partition coefficient (Wildman–Crippen LogP) is 3.66. The van der Waals surface area contributed by atoms with Crippen molar-refractivity contribution < 1.29 is 9.32 Å². The van der Waals surface area contributed by atoms with Gasteiger partial charge in [-0.25, -0.2) is 0 Å². The minimum absolute atomic E-state index is 0.180. The lowest BCUT2D eigenvalue weighted by Crippen LogP contribution is -2.42. The van der Waals surface area contributed by atoms with Crippen molar-refractivity contribution in [3.63, 3.8) is 0 Å². The molecule has 0 bridgehead atoms. The highest BCUT2D eigenvalue weighted by atomic mass is 16.5. The second-order valence-electron chi connectivity index (χ2n) is 8.12.